The highest BCUT2D eigenvalue weighted by Gasteiger charge is 2.51. The second kappa shape index (κ2) is 6.31. The van der Waals surface area contributed by atoms with E-state index in [2.05, 4.69) is 35.2 Å². The van der Waals surface area contributed by atoms with Crippen LogP contribution < -0.4 is 0 Å². The van der Waals surface area contributed by atoms with Crippen LogP contribution in [0.25, 0.3) is 0 Å². The summed E-state index contributed by atoms with van der Waals surface area (Å²) < 4.78 is 12.6. The number of hydrogen-bond donors (Lipinski definition) is 0. The molecule has 1 saturated carbocycles. The predicted molar refractivity (Wildman–Crippen MR) is 86.8 cm³/mol. The van der Waals surface area contributed by atoms with E-state index in [1.54, 1.807) is 0 Å². The van der Waals surface area contributed by atoms with Gasteiger partial charge in [-0.1, -0.05) is 43.2 Å². The van der Waals surface area contributed by atoms with Crippen molar-refractivity contribution in [3.63, 3.8) is 0 Å². The highest BCUT2D eigenvalue weighted by Crippen LogP contribution is 2.40. The minimum atomic E-state index is -0.0304. The number of rotatable bonds is 4. The Bertz CT molecular complexity index is 477. The fourth-order valence-electron chi connectivity index (χ4n) is 4.51. The van der Waals surface area contributed by atoms with Crippen LogP contribution in [0, 0.1) is 0 Å². The molecule has 0 radical (unpaired) electrons. The molecule has 22 heavy (non-hydrogen) atoms. The van der Waals surface area contributed by atoms with E-state index in [4.69, 9.17) is 9.47 Å². The lowest BCUT2D eigenvalue weighted by atomic mass is 9.96. The number of ether oxygens (including phenoxy) is 2. The van der Waals surface area contributed by atoms with Crippen molar-refractivity contribution in [2.45, 2.75) is 62.9 Å². The quantitative estimate of drug-likeness (QED) is 0.851. The molecule has 2 saturated heterocycles. The number of benzene rings is 1. The molecule has 2 aliphatic heterocycles. The topological polar surface area (TPSA) is 21.7 Å². The second-order valence-electron chi connectivity index (χ2n) is 7.17. The molecule has 4 rings (SSSR count). The third-order valence-corrected chi connectivity index (χ3v) is 5.73. The van der Waals surface area contributed by atoms with Gasteiger partial charge in [-0.3, -0.25) is 4.90 Å². The molecule has 0 aromatic heterocycles. The van der Waals surface area contributed by atoms with E-state index < -0.39 is 0 Å². The summed E-state index contributed by atoms with van der Waals surface area (Å²) in [6.07, 6.45) is 8.09. The van der Waals surface area contributed by atoms with Gasteiger partial charge in [-0.2, -0.15) is 0 Å². The summed E-state index contributed by atoms with van der Waals surface area (Å²) >= 11 is 0. The zero-order valence-electron chi connectivity index (χ0n) is 13.4. The maximum atomic E-state index is 6.35. The van der Waals surface area contributed by atoms with Gasteiger partial charge in [-0.25, -0.2) is 0 Å². The van der Waals surface area contributed by atoms with Gasteiger partial charge in [0.25, 0.3) is 0 Å². The first-order chi connectivity index (χ1) is 10.9. The molecule has 120 valence electrons. The number of likely N-dealkylation sites (tertiary alicyclic amines) is 1. The summed E-state index contributed by atoms with van der Waals surface area (Å²) in [5.74, 6) is 0. The standard InChI is InChI=1S/C19H27NO2/c1-2-7-16(8-3-1)14-21-18-13-20(17-9-4-5-10-17)15-19(18)11-6-12-22-19/h1-3,7-8,17-18H,4-6,9-15H2/t18-,19-/m0/s1. The molecule has 2 heterocycles. The van der Waals surface area contributed by atoms with Crippen molar-refractivity contribution in [3.05, 3.63) is 35.9 Å². The first-order valence-electron chi connectivity index (χ1n) is 8.89. The van der Waals surface area contributed by atoms with Crippen LogP contribution in [-0.4, -0.2) is 42.3 Å². The Labute approximate surface area is 133 Å². The van der Waals surface area contributed by atoms with Crippen molar-refractivity contribution in [1.82, 2.24) is 4.90 Å². The highest BCUT2D eigenvalue weighted by atomic mass is 16.6. The van der Waals surface area contributed by atoms with Crippen molar-refractivity contribution in [2.24, 2.45) is 0 Å². The lowest BCUT2D eigenvalue weighted by Gasteiger charge is -2.29. The first kappa shape index (κ1) is 14.7. The third-order valence-electron chi connectivity index (χ3n) is 5.73. The van der Waals surface area contributed by atoms with Crippen molar-refractivity contribution in [3.8, 4) is 0 Å². The lowest BCUT2D eigenvalue weighted by Crippen LogP contribution is -2.42. The second-order valence-corrected chi connectivity index (χ2v) is 7.17. The normalized spacial score (nSPS) is 33.2. The van der Waals surface area contributed by atoms with Gasteiger partial charge in [0.05, 0.1) is 6.61 Å². The van der Waals surface area contributed by atoms with Gasteiger partial charge >= 0.3 is 0 Å². The maximum Gasteiger partial charge on any atom is 0.108 e. The van der Waals surface area contributed by atoms with Crippen molar-refractivity contribution >= 4 is 0 Å². The average Bonchev–Trinajstić information content (AvgIpc) is 3.28. The molecule has 3 aliphatic rings. The molecular weight excluding hydrogens is 274 g/mol. The van der Waals surface area contributed by atoms with E-state index in [0.717, 1.165) is 32.2 Å². The van der Waals surface area contributed by atoms with Gasteiger partial charge in [0, 0.05) is 25.7 Å². The molecule has 3 fully saturated rings. The van der Waals surface area contributed by atoms with E-state index >= 15 is 0 Å². The van der Waals surface area contributed by atoms with Crippen molar-refractivity contribution in [2.75, 3.05) is 19.7 Å². The van der Waals surface area contributed by atoms with Crippen LogP contribution in [0.15, 0.2) is 30.3 Å². The Morgan fingerprint density at radius 2 is 1.95 bits per heavy atom. The van der Waals surface area contributed by atoms with Crippen LogP contribution in [-0.2, 0) is 16.1 Å². The number of hydrogen-bond acceptors (Lipinski definition) is 3. The van der Waals surface area contributed by atoms with Crippen LogP contribution in [0.3, 0.4) is 0 Å². The Kier molecular flexibility index (Phi) is 4.21. The Morgan fingerprint density at radius 3 is 2.68 bits per heavy atom. The van der Waals surface area contributed by atoms with Gasteiger partial charge in [0.1, 0.15) is 11.7 Å². The van der Waals surface area contributed by atoms with E-state index in [1.165, 1.54) is 37.7 Å². The molecule has 0 unspecified atom stereocenters. The lowest BCUT2D eigenvalue weighted by molar-refractivity contribution is -0.0960. The summed E-state index contributed by atoms with van der Waals surface area (Å²) in [7, 11) is 0. The predicted octanol–water partition coefficient (Wildman–Crippen LogP) is 3.38. The molecule has 0 amide bonds. The zero-order chi connectivity index (χ0) is 14.8. The molecule has 3 nitrogen and oxygen atoms in total. The average molecular weight is 301 g/mol. The van der Waals surface area contributed by atoms with E-state index in [0.29, 0.717) is 6.61 Å². The van der Waals surface area contributed by atoms with Gasteiger partial charge in [0.15, 0.2) is 0 Å². The molecule has 1 aliphatic carbocycles. The monoisotopic (exact) mass is 301 g/mol. The van der Waals surface area contributed by atoms with E-state index in [-0.39, 0.29) is 11.7 Å². The summed E-state index contributed by atoms with van der Waals surface area (Å²) in [5.41, 5.74) is 1.23. The summed E-state index contributed by atoms with van der Waals surface area (Å²) in [4.78, 5) is 2.66. The van der Waals surface area contributed by atoms with Gasteiger partial charge < -0.3 is 9.47 Å². The fourth-order valence-corrected chi connectivity index (χ4v) is 4.51. The molecular formula is C19H27NO2. The van der Waals surface area contributed by atoms with Gasteiger partial charge in [-0.05, 0) is 31.2 Å². The smallest absolute Gasteiger partial charge is 0.108 e. The Balaban J connectivity index is 1.44. The van der Waals surface area contributed by atoms with Crippen LogP contribution in [0.1, 0.15) is 44.1 Å². The molecule has 3 heteroatoms. The molecule has 1 spiro atoms. The van der Waals surface area contributed by atoms with E-state index in [1.807, 2.05) is 0 Å². The molecule has 2 atom stereocenters. The summed E-state index contributed by atoms with van der Waals surface area (Å²) in [6, 6.07) is 11.3. The highest BCUT2D eigenvalue weighted by molar-refractivity contribution is 5.14. The largest absolute Gasteiger partial charge is 0.371 e. The van der Waals surface area contributed by atoms with E-state index in [9.17, 15) is 0 Å². The first-order valence-corrected chi connectivity index (χ1v) is 8.89. The molecule has 1 aromatic rings. The van der Waals surface area contributed by atoms with Gasteiger partial charge in [-0.15, -0.1) is 0 Å². The van der Waals surface area contributed by atoms with Crippen LogP contribution in [0.2, 0.25) is 0 Å². The Hall–Kier alpha value is -0.900. The summed E-state index contributed by atoms with van der Waals surface area (Å²) in [6.45, 7) is 3.74. The molecule has 0 bridgehead atoms. The fraction of sp³-hybridized carbons (Fsp3) is 0.684. The minimum absolute atomic E-state index is 0.0304. The zero-order valence-corrected chi connectivity index (χ0v) is 13.4. The van der Waals surface area contributed by atoms with Gasteiger partial charge in [0.2, 0.25) is 0 Å². The maximum absolute atomic E-state index is 6.35. The Morgan fingerprint density at radius 1 is 1.14 bits per heavy atom. The van der Waals surface area contributed by atoms with Crippen LogP contribution in [0.5, 0.6) is 0 Å². The number of nitrogens with zero attached hydrogens (tertiary/aromatic N) is 1. The minimum Gasteiger partial charge on any atom is -0.371 e. The third kappa shape index (κ3) is 2.82. The SMILES string of the molecule is c1ccc(CO[C@H]2CN(C3CCCC3)C[C@@]23CCCO3)cc1. The summed E-state index contributed by atoms with van der Waals surface area (Å²) in [5, 5.41) is 0. The molecule has 1 aromatic carbocycles. The van der Waals surface area contributed by atoms with Crippen LogP contribution in [0.4, 0.5) is 0 Å². The van der Waals surface area contributed by atoms with Crippen molar-refractivity contribution < 1.29 is 9.47 Å². The molecule has 0 N–H and O–H groups in total. The van der Waals surface area contributed by atoms with Crippen molar-refractivity contribution in [1.29, 1.82) is 0 Å². The van der Waals surface area contributed by atoms with Crippen LogP contribution >= 0.6 is 0 Å².